The lowest BCUT2D eigenvalue weighted by molar-refractivity contribution is -0.124. The highest BCUT2D eigenvalue weighted by molar-refractivity contribution is 5.76. The monoisotopic (exact) mass is 259 g/mol. The van der Waals surface area contributed by atoms with Crippen molar-refractivity contribution in [3.8, 4) is 0 Å². The zero-order valence-electron chi connectivity index (χ0n) is 12.4. The Hall–Kier alpha value is -0.650. The molecular formula is C13H29N3O2. The van der Waals surface area contributed by atoms with Gasteiger partial charge in [-0.1, -0.05) is 13.8 Å². The second-order valence-electron chi connectivity index (χ2n) is 5.10. The van der Waals surface area contributed by atoms with Crippen LogP contribution in [0.4, 0.5) is 0 Å². The van der Waals surface area contributed by atoms with Gasteiger partial charge in [-0.2, -0.15) is 0 Å². The largest absolute Gasteiger partial charge is 0.377 e. The summed E-state index contributed by atoms with van der Waals surface area (Å²) in [6.45, 7) is 7.83. The van der Waals surface area contributed by atoms with Gasteiger partial charge >= 0.3 is 0 Å². The maximum atomic E-state index is 11.8. The molecule has 5 nitrogen and oxygen atoms in total. The van der Waals surface area contributed by atoms with E-state index in [-0.39, 0.29) is 12.0 Å². The predicted molar refractivity (Wildman–Crippen MR) is 74.4 cm³/mol. The summed E-state index contributed by atoms with van der Waals surface area (Å²) in [6, 6.07) is 0.345. The fourth-order valence-corrected chi connectivity index (χ4v) is 1.96. The minimum Gasteiger partial charge on any atom is -0.377 e. The van der Waals surface area contributed by atoms with Gasteiger partial charge in [0.1, 0.15) is 0 Å². The van der Waals surface area contributed by atoms with Crippen molar-refractivity contribution in [3.05, 3.63) is 0 Å². The van der Waals surface area contributed by atoms with Gasteiger partial charge < -0.3 is 20.7 Å². The topological polar surface area (TPSA) is 67.6 Å². The molecule has 0 heterocycles. The fourth-order valence-electron chi connectivity index (χ4n) is 1.96. The van der Waals surface area contributed by atoms with Crippen LogP contribution in [0.5, 0.6) is 0 Å². The Bertz CT molecular complexity index is 224. The number of hydrogen-bond donors (Lipinski definition) is 2. The SMILES string of the molecule is CCOC(CN)CC(=O)NCC(C(C)C)N(C)C. The Kier molecular flexibility index (Phi) is 8.97. The maximum Gasteiger partial charge on any atom is 0.222 e. The van der Waals surface area contributed by atoms with Crippen LogP contribution < -0.4 is 11.1 Å². The van der Waals surface area contributed by atoms with Gasteiger partial charge in [0.15, 0.2) is 0 Å². The quantitative estimate of drug-likeness (QED) is 0.630. The number of carbonyl (C=O) groups excluding carboxylic acids is 1. The van der Waals surface area contributed by atoms with Crippen molar-refractivity contribution in [1.29, 1.82) is 0 Å². The molecule has 0 aliphatic carbocycles. The second-order valence-corrected chi connectivity index (χ2v) is 5.10. The average Bonchev–Trinajstić information content (AvgIpc) is 2.27. The number of rotatable bonds is 9. The molecule has 2 atom stereocenters. The molecule has 0 aromatic carbocycles. The summed E-state index contributed by atoms with van der Waals surface area (Å²) in [7, 11) is 4.05. The predicted octanol–water partition coefficient (Wildman–Crippen LogP) is 0.443. The van der Waals surface area contributed by atoms with Crippen molar-refractivity contribution >= 4 is 5.91 Å². The van der Waals surface area contributed by atoms with Crippen LogP contribution in [0.15, 0.2) is 0 Å². The first-order valence-corrected chi connectivity index (χ1v) is 6.67. The van der Waals surface area contributed by atoms with Crippen LogP contribution in [0.3, 0.4) is 0 Å². The summed E-state index contributed by atoms with van der Waals surface area (Å²) >= 11 is 0. The van der Waals surface area contributed by atoms with Crippen LogP contribution in [0.1, 0.15) is 27.2 Å². The molecule has 2 unspecified atom stereocenters. The minimum atomic E-state index is -0.174. The molecular weight excluding hydrogens is 230 g/mol. The summed E-state index contributed by atoms with van der Waals surface area (Å²) in [6.07, 6.45) is 0.162. The van der Waals surface area contributed by atoms with Crippen LogP contribution in [-0.4, -0.2) is 56.7 Å². The van der Waals surface area contributed by atoms with E-state index in [1.165, 1.54) is 0 Å². The lowest BCUT2D eigenvalue weighted by atomic mass is 10.0. The number of hydrogen-bond acceptors (Lipinski definition) is 4. The fraction of sp³-hybridized carbons (Fsp3) is 0.923. The normalized spacial score (nSPS) is 14.9. The zero-order chi connectivity index (χ0) is 14.1. The molecule has 0 radical (unpaired) electrons. The molecule has 108 valence electrons. The molecule has 5 heteroatoms. The van der Waals surface area contributed by atoms with Gasteiger partial charge in [-0.05, 0) is 26.9 Å². The lowest BCUT2D eigenvalue weighted by Gasteiger charge is -2.28. The Morgan fingerprint density at radius 2 is 2.00 bits per heavy atom. The second kappa shape index (κ2) is 9.30. The molecule has 0 aromatic rings. The summed E-state index contributed by atoms with van der Waals surface area (Å²) in [5, 5.41) is 2.95. The summed E-state index contributed by atoms with van der Waals surface area (Å²) in [5.41, 5.74) is 5.55. The number of ether oxygens (including phenoxy) is 1. The summed E-state index contributed by atoms with van der Waals surface area (Å²) in [4.78, 5) is 13.9. The van der Waals surface area contributed by atoms with Gasteiger partial charge in [0.05, 0.1) is 12.5 Å². The van der Waals surface area contributed by atoms with Crippen molar-refractivity contribution in [2.45, 2.75) is 39.3 Å². The van der Waals surface area contributed by atoms with Gasteiger partial charge in [0.25, 0.3) is 0 Å². The van der Waals surface area contributed by atoms with Crippen molar-refractivity contribution in [1.82, 2.24) is 10.2 Å². The molecule has 1 amide bonds. The van der Waals surface area contributed by atoms with Crippen molar-refractivity contribution < 1.29 is 9.53 Å². The molecule has 3 N–H and O–H groups in total. The van der Waals surface area contributed by atoms with Gasteiger partial charge in [-0.25, -0.2) is 0 Å². The lowest BCUT2D eigenvalue weighted by Crippen LogP contribution is -2.44. The Balaban J connectivity index is 4.07. The molecule has 0 fully saturated rings. The highest BCUT2D eigenvalue weighted by Crippen LogP contribution is 2.06. The third kappa shape index (κ3) is 6.93. The molecule has 0 rings (SSSR count). The van der Waals surface area contributed by atoms with Crippen LogP contribution >= 0.6 is 0 Å². The van der Waals surface area contributed by atoms with Gasteiger partial charge in [-0.15, -0.1) is 0 Å². The van der Waals surface area contributed by atoms with E-state index < -0.39 is 0 Å². The number of nitrogens with zero attached hydrogens (tertiary/aromatic N) is 1. The molecule has 0 bridgehead atoms. The van der Waals surface area contributed by atoms with Gasteiger partial charge in [0.2, 0.25) is 5.91 Å². The highest BCUT2D eigenvalue weighted by Gasteiger charge is 2.18. The first kappa shape index (κ1) is 17.4. The maximum absolute atomic E-state index is 11.8. The Morgan fingerprint density at radius 1 is 1.39 bits per heavy atom. The highest BCUT2D eigenvalue weighted by atomic mass is 16.5. The van der Waals surface area contributed by atoms with Crippen LogP contribution in [0.2, 0.25) is 0 Å². The molecule has 0 aliphatic heterocycles. The number of amides is 1. The molecule has 0 aliphatic rings. The summed E-state index contributed by atoms with van der Waals surface area (Å²) in [5.74, 6) is 0.504. The first-order valence-electron chi connectivity index (χ1n) is 6.67. The van der Waals surface area contributed by atoms with E-state index in [1.807, 2.05) is 21.0 Å². The van der Waals surface area contributed by atoms with E-state index >= 15 is 0 Å². The van der Waals surface area contributed by atoms with E-state index in [0.29, 0.717) is 38.1 Å². The third-order valence-electron chi connectivity index (χ3n) is 3.02. The van der Waals surface area contributed by atoms with E-state index in [1.54, 1.807) is 0 Å². The molecule has 0 spiro atoms. The van der Waals surface area contributed by atoms with Crippen LogP contribution in [-0.2, 0) is 9.53 Å². The van der Waals surface area contributed by atoms with E-state index in [9.17, 15) is 4.79 Å². The number of likely N-dealkylation sites (N-methyl/N-ethyl adjacent to an activating group) is 1. The van der Waals surface area contributed by atoms with Gasteiger partial charge in [0, 0.05) is 25.7 Å². The van der Waals surface area contributed by atoms with Crippen molar-refractivity contribution in [2.24, 2.45) is 11.7 Å². The molecule has 0 saturated carbocycles. The van der Waals surface area contributed by atoms with Crippen LogP contribution in [0, 0.1) is 5.92 Å². The average molecular weight is 259 g/mol. The third-order valence-corrected chi connectivity index (χ3v) is 3.02. The summed E-state index contributed by atoms with van der Waals surface area (Å²) < 4.78 is 5.37. The standard InChI is InChI=1S/C13H29N3O2/c1-6-18-11(8-14)7-13(17)15-9-12(10(2)3)16(4)5/h10-12H,6-9,14H2,1-5H3,(H,15,17). The van der Waals surface area contributed by atoms with E-state index in [2.05, 4.69) is 24.1 Å². The number of nitrogens with one attached hydrogen (secondary N) is 1. The van der Waals surface area contributed by atoms with Crippen LogP contribution in [0.25, 0.3) is 0 Å². The van der Waals surface area contributed by atoms with Crippen molar-refractivity contribution in [3.63, 3.8) is 0 Å². The molecule has 0 saturated heterocycles. The Morgan fingerprint density at radius 3 is 2.39 bits per heavy atom. The number of carbonyl (C=O) groups is 1. The van der Waals surface area contributed by atoms with Crippen molar-refractivity contribution in [2.75, 3.05) is 33.8 Å². The minimum absolute atomic E-state index is 0.00593. The molecule has 18 heavy (non-hydrogen) atoms. The smallest absolute Gasteiger partial charge is 0.222 e. The first-order chi connectivity index (χ1) is 8.42. The molecule has 0 aromatic heterocycles. The van der Waals surface area contributed by atoms with Gasteiger partial charge in [-0.3, -0.25) is 4.79 Å². The zero-order valence-corrected chi connectivity index (χ0v) is 12.4. The van der Waals surface area contributed by atoms with E-state index in [4.69, 9.17) is 10.5 Å². The van der Waals surface area contributed by atoms with E-state index in [0.717, 1.165) is 0 Å². The number of nitrogens with two attached hydrogens (primary N) is 1. The Labute approximate surface area is 111 Å².